The van der Waals surface area contributed by atoms with E-state index in [-0.39, 0.29) is 0 Å². The monoisotopic (exact) mass is 252 g/mol. The number of hydrogen-bond donors (Lipinski definition) is 0. The molecule has 1 saturated heterocycles. The maximum atomic E-state index is 12.6. The highest BCUT2D eigenvalue weighted by atomic mass is 19.3. The molecule has 18 heavy (non-hydrogen) atoms. The number of fused-ring (bicyclic) bond motifs is 1. The molecule has 3 rings (SSSR count). The molecule has 0 aromatic carbocycles. The molecule has 2 aromatic heterocycles. The summed E-state index contributed by atoms with van der Waals surface area (Å²) in [5.41, 5.74) is 0.788. The fourth-order valence-electron chi connectivity index (χ4n) is 2.50. The lowest BCUT2D eigenvalue weighted by atomic mass is 9.97. The number of anilines is 1. The molecular weight excluding hydrogens is 238 g/mol. The SMILES string of the molecule is FC(F)C1CCN(c2nccc3occc23)CC1. The van der Waals surface area contributed by atoms with Gasteiger partial charge in [0.2, 0.25) is 6.43 Å². The quantitative estimate of drug-likeness (QED) is 0.821. The van der Waals surface area contributed by atoms with Crippen molar-refractivity contribution in [3.8, 4) is 0 Å². The summed E-state index contributed by atoms with van der Waals surface area (Å²) in [5.74, 6) is 0.374. The first kappa shape index (κ1) is 11.4. The van der Waals surface area contributed by atoms with Gasteiger partial charge in [-0.05, 0) is 25.0 Å². The molecule has 0 atom stereocenters. The summed E-state index contributed by atoms with van der Waals surface area (Å²) in [6.07, 6.45) is 2.16. The van der Waals surface area contributed by atoms with Gasteiger partial charge >= 0.3 is 0 Å². The Kier molecular flexibility index (Phi) is 2.89. The number of alkyl halides is 2. The van der Waals surface area contributed by atoms with Crippen LogP contribution in [0.2, 0.25) is 0 Å². The van der Waals surface area contributed by atoms with Gasteiger partial charge in [-0.25, -0.2) is 13.8 Å². The van der Waals surface area contributed by atoms with Crippen LogP contribution in [0.3, 0.4) is 0 Å². The third-order valence-corrected chi connectivity index (χ3v) is 3.55. The number of piperidine rings is 1. The van der Waals surface area contributed by atoms with Crippen molar-refractivity contribution in [1.82, 2.24) is 4.98 Å². The van der Waals surface area contributed by atoms with Crippen LogP contribution in [0.1, 0.15) is 12.8 Å². The number of aromatic nitrogens is 1. The number of hydrogen-bond acceptors (Lipinski definition) is 3. The zero-order valence-corrected chi connectivity index (χ0v) is 9.85. The largest absolute Gasteiger partial charge is 0.464 e. The Bertz CT molecular complexity index is 533. The Morgan fingerprint density at radius 2 is 2.06 bits per heavy atom. The zero-order chi connectivity index (χ0) is 12.5. The molecule has 3 nitrogen and oxygen atoms in total. The third-order valence-electron chi connectivity index (χ3n) is 3.55. The smallest absolute Gasteiger partial charge is 0.241 e. The van der Waals surface area contributed by atoms with Crippen LogP contribution in [-0.2, 0) is 0 Å². The average Bonchev–Trinajstić information content (AvgIpc) is 2.87. The normalized spacial score (nSPS) is 17.8. The minimum Gasteiger partial charge on any atom is -0.464 e. The van der Waals surface area contributed by atoms with E-state index < -0.39 is 12.3 Å². The molecule has 0 spiro atoms. The van der Waals surface area contributed by atoms with E-state index in [9.17, 15) is 8.78 Å². The Morgan fingerprint density at radius 3 is 2.78 bits per heavy atom. The minimum absolute atomic E-state index is 0.468. The van der Waals surface area contributed by atoms with Crippen molar-refractivity contribution < 1.29 is 13.2 Å². The van der Waals surface area contributed by atoms with Gasteiger partial charge in [0, 0.05) is 25.2 Å². The van der Waals surface area contributed by atoms with E-state index in [1.165, 1.54) is 0 Å². The fourth-order valence-corrected chi connectivity index (χ4v) is 2.50. The van der Waals surface area contributed by atoms with E-state index >= 15 is 0 Å². The van der Waals surface area contributed by atoms with Crippen LogP contribution >= 0.6 is 0 Å². The van der Waals surface area contributed by atoms with Gasteiger partial charge < -0.3 is 9.32 Å². The van der Waals surface area contributed by atoms with Crippen LogP contribution in [-0.4, -0.2) is 24.5 Å². The average molecular weight is 252 g/mol. The van der Waals surface area contributed by atoms with Gasteiger partial charge in [0.1, 0.15) is 11.4 Å². The standard InChI is InChI=1S/C13H14F2N2O/c14-12(15)9-2-6-17(7-3-9)13-10-4-8-18-11(10)1-5-16-13/h1,4-5,8-9,12H,2-3,6-7H2. The molecule has 3 heterocycles. The van der Waals surface area contributed by atoms with E-state index in [4.69, 9.17) is 4.42 Å². The Morgan fingerprint density at radius 1 is 1.28 bits per heavy atom. The summed E-state index contributed by atoms with van der Waals surface area (Å²) >= 11 is 0. The maximum absolute atomic E-state index is 12.6. The molecule has 2 aromatic rings. The van der Waals surface area contributed by atoms with E-state index in [1.807, 2.05) is 12.1 Å². The summed E-state index contributed by atoms with van der Waals surface area (Å²) in [4.78, 5) is 6.42. The Hall–Kier alpha value is -1.65. The predicted molar refractivity (Wildman–Crippen MR) is 65.0 cm³/mol. The van der Waals surface area contributed by atoms with Crippen LogP contribution in [0.25, 0.3) is 11.0 Å². The lowest BCUT2D eigenvalue weighted by Crippen LogP contribution is -2.36. The molecule has 0 N–H and O–H groups in total. The van der Waals surface area contributed by atoms with Crippen molar-refractivity contribution in [2.45, 2.75) is 19.3 Å². The van der Waals surface area contributed by atoms with E-state index in [0.717, 1.165) is 16.8 Å². The fraction of sp³-hybridized carbons (Fsp3) is 0.462. The van der Waals surface area contributed by atoms with Gasteiger partial charge in [-0.15, -0.1) is 0 Å². The molecular formula is C13H14F2N2O. The molecule has 5 heteroatoms. The molecule has 0 aliphatic carbocycles. The highest BCUT2D eigenvalue weighted by Gasteiger charge is 2.27. The first-order valence-corrected chi connectivity index (χ1v) is 6.11. The van der Waals surface area contributed by atoms with Gasteiger partial charge in [-0.3, -0.25) is 0 Å². The van der Waals surface area contributed by atoms with Gasteiger partial charge in [0.15, 0.2) is 0 Å². The number of furan rings is 1. The highest BCUT2D eigenvalue weighted by molar-refractivity contribution is 5.88. The second-order valence-corrected chi connectivity index (χ2v) is 4.63. The molecule has 0 bridgehead atoms. The summed E-state index contributed by atoms with van der Waals surface area (Å²) < 4.78 is 30.5. The molecule has 0 unspecified atom stereocenters. The third kappa shape index (κ3) is 1.94. The maximum Gasteiger partial charge on any atom is 0.241 e. The number of nitrogens with zero attached hydrogens (tertiary/aromatic N) is 2. The van der Waals surface area contributed by atoms with Crippen LogP contribution < -0.4 is 4.90 Å². The zero-order valence-electron chi connectivity index (χ0n) is 9.85. The van der Waals surface area contributed by atoms with Gasteiger partial charge in [0.25, 0.3) is 0 Å². The topological polar surface area (TPSA) is 29.3 Å². The van der Waals surface area contributed by atoms with Gasteiger partial charge in [-0.2, -0.15) is 0 Å². The predicted octanol–water partition coefficient (Wildman–Crippen LogP) is 3.31. The number of rotatable bonds is 2. The summed E-state index contributed by atoms with van der Waals surface area (Å²) in [5, 5.41) is 0.952. The molecule has 1 aliphatic heterocycles. The van der Waals surface area contributed by atoms with Crippen molar-refractivity contribution in [3.05, 3.63) is 24.6 Å². The van der Waals surface area contributed by atoms with Crippen LogP contribution in [0.15, 0.2) is 29.0 Å². The molecule has 1 fully saturated rings. The van der Waals surface area contributed by atoms with Gasteiger partial charge in [-0.1, -0.05) is 0 Å². The van der Waals surface area contributed by atoms with Crippen molar-refractivity contribution in [1.29, 1.82) is 0 Å². The summed E-state index contributed by atoms with van der Waals surface area (Å²) in [7, 11) is 0. The first-order chi connectivity index (χ1) is 8.75. The number of halogens is 2. The van der Waals surface area contributed by atoms with E-state index in [0.29, 0.717) is 25.9 Å². The molecule has 1 aliphatic rings. The van der Waals surface area contributed by atoms with Crippen molar-refractivity contribution in [3.63, 3.8) is 0 Å². The van der Waals surface area contributed by atoms with Crippen LogP contribution in [0.4, 0.5) is 14.6 Å². The number of pyridine rings is 1. The summed E-state index contributed by atoms with van der Waals surface area (Å²) in [6.45, 7) is 1.26. The van der Waals surface area contributed by atoms with Crippen LogP contribution in [0, 0.1) is 5.92 Å². The highest BCUT2D eigenvalue weighted by Crippen LogP contribution is 2.30. The molecule has 0 amide bonds. The van der Waals surface area contributed by atoms with Crippen LogP contribution in [0.5, 0.6) is 0 Å². The second-order valence-electron chi connectivity index (χ2n) is 4.63. The lowest BCUT2D eigenvalue weighted by molar-refractivity contribution is 0.0636. The first-order valence-electron chi connectivity index (χ1n) is 6.11. The molecule has 96 valence electrons. The van der Waals surface area contributed by atoms with E-state index in [1.54, 1.807) is 12.5 Å². The molecule has 0 radical (unpaired) electrons. The van der Waals surface area contributed by atoms with Gasteiger partial charge in [0.05, 0.1) is 11.6 Å². The Balaban J connectivity index is 1.82. The minimum atomic E-state index is -2.20. The van der Waals surface area contributed by atoms with Crippen molar-refractivity contribution in [2.24, 2.45) is 5.92 Å². The van der Waals surface area contributed by atoms with E-state index in [2.05, 4.69) is 9.88 Å². The summed E-state index contributed by atoms with van der Waals surface area (Å²) in [6, 6.07) is 3.68. The van der Waals surface area contributed by atoms with Crippen molar-refractivity contribution in [2.75, 3.05) is 18.0 Å². The molecule has 0 saturated carbocycles. The Labute approximate surface area is 103 Å². The lowest BCUT2D eigenvalue weighted by Gasteiger charge is -2.32. The van der Waals surface area contributed by atoms with Crippen molar-refractivity contribution >= 4 is 16.8 Å². The second kappa shape index (κ2) is 4.55.